The summed E-state index contributed by atoms with van der Waals surface area (Å²) in [7, 11) is 0. The van der Waals surface area contributed by atoms with Gasteiger partial charge in [0.15, 0.2) is 11.5 Å². The van der Waals surface area contributed by atoms with E-state index >= 15 is 0 Å². The van der Waals surface area contributed by atoms with E-state index in [1.165, 1.54) is 4.63 Å². The van der Waals surface area contributed by atoms with Crippen molar-refractivity contribution in [1.29, 1.82) is 0 Å². The second-order valence-corrected chi connectivity index (χ2v) is 5.18. The molecule has 3 heterocycles. The van der Waals surface area contributed by atoms with E-state index in [2.05, 4.69) is 30.4 Å². The Morgan fingerprint density at radius 1 is 0.909 bits per heavy atom. The minimum atomic E-state index is 0.323. The summed E-state index contributed by atoms with van der Waals surface area (Å²) in [4.78, 5) is 4.37. The van der Waals surface area contributed by atoms with Gasteiger partial charge in [-0.15, -0.1) is 14.8 Å². The lowest BCUT2D eigenvalue weighted by atomic mass is 10.2. The molecule has 4 rings (SSSR count). The van der Waals surface area contributed by atoms with Crippen molar-refractivity contribution >= 4 is 17.2 Å². The van der Waals surface area contributed by atoms with Crippen LogP contribution in [0.15, 0.2) is 36.4 Å². The van der Waals surface area contributed by atoms with Crippen molar-refractivity contribution in [3.8, 4) is 5.75 Å². The van der Waals surface area contributed by atoms with Gasteiger partial charge in [0, 0.05) is 26.2 Å². The molecule has 1 aliphatic heterocycles. The number of rotatable bonds is 2. The molecule has 0 aliphatic carbocycles. The van der Waals surface area contributed by atoms with Gasteiger partial charge in [-0.1, -0.05) is 12.1 Å². The van der Waals surface area contributed by atoms with Gasteiger partial charge in [-0.25, -0.2) is 0 Å². The van der Waals surface area contributed by atoms with Crippen molar-refractivity contribution in [1.82, 2.24) is 25.3 Å². The zero-order valence-corrected chi connectivity index (χ0v) is 11.9. The third-order valence-corrected chi connectivity index (χ3v) is 3.88. The summed E-state index contributed by atoms with van der Waals surface area (Å²) in [6.07, 6.45) is 0. The second kappa shape index (κ2) is 5.14. The molecule has 112 valence electrons. The highest BCUT2D eigenvalue weighted by Gasteiger charge is 2.20. The van der Waals surface area contributed by atoms with Crippen molar-refractivity contribution in [3.05, 3.63) is 36.4 Å². The van der Waals surface area contributed by atoms with E-state index in [9.17, 15) is 5.11 Å². The van der Waals surface area contributed by atoms with E-state index in [-0.39, 0.29) is 0 Å². The Morgan fingerprint density at radius 3 is 2.50 bits per heavy atom. The first-order valence-electron chi connectivity index (χ1n) is 7.14. The fraction of sp³-hybridized carbons (Fsp3) is 0.286. The fourth-order valence-corrected chi connectivity index (χ4v) is 2.72. The molecular formula is C14H15N7O. The van der Waals surface area contributed by atoms with Crippen LogP contribution in [-0.4, -0.2) is 56.5 Å². The van der Waals surface area contributed by atoms with E-state index in [0.717, 1.165) is 37.7 Å². The summed E-state index contributed by atoms with van der Waals surface area (Å²) < 4.78 is 1.44. The summed E-state index contributed by atoms with van der Waals surface area (Å²) in [6, 6.07) is 11.2. The average Bonchev–Trinajstić information content (AvgIpc) is 3.03. The third-order valence-electron chi connectivity index (χ3n) is 3.88. The molecule has 22 heavy (non-hydrogen) atoms. The van der Waals surface area contributed by atoms with Crippen LogP contribution in [0.2, 0.25) is 0 Å². The number of anilines is 2. The highest BCUT2D eigenvalue weighted by molar-refractivity contribution is 5.58. The Kier molecular flexibility index (Phi) is 2.99. The van der Waals surface area contributed by atoms with Gasteiger partial charge in [-0.2, -0.15) is 0 Å². The van der Waals surface area contributed by atoms with Crippen molar-refractivity contribution in [2.24, 2.45) is 0 Å². The predicted octanol–water partition coefficient (Wildman–Crippen LogP) is 0.551. The Labute approximate surface area is 126 Å². The molecule has 0 amide bonds. The topological polar surface area (TPSA) is 82.7 Å². The number of hydrogen-bond donors (Lipinski definition) is 1. The molecule has 0 radical (unpaired) electrons. The molecule has 0 bridgehead atoms. The van der Waals surface area contributed by atoms with Crippen LogP contribution in [0, 0.1) is 0 Å². The molecule has 1 aromatic carbocycles. The van der Waals surface area contributed by atoms with Crippen LogP contribution in [0.1, 0.15) is 0 Å². The summed E-state index contributed by atoms with van der Waals surface area (Å²) in [5.74, 6) is 1.18. The maximum absolute atomic E-state index is 9.95. The summed E-state index contributed by atoms with van der Waals surface area (Å²) in [6.45, 7) is 3.31. The van der Waals surface area contributed by atoms with E-state index in [1.54, 1.807) is 6.07 Å². The van der Waals surface area contributed by atoms with Gasteiger partial charge >= 0.3 is 0 Å². The van der Waals surface area contributed by atoms with Crippen LogP contribution < -0.4 is 9.80 Å². The minimum Gasteiger partial charge on any atom is -0.506 e. The molecule has 0 atom stereocenters. The van der Waals surface area contributed by atoms with Crippen LogP contribution in [0.3, 0.4) is 0 Å². The molecule has 0 spiro atoms. The third kappa shape index (κ3) is 2.18. The van der Waals surface area contributed by atoms with Gasteiger partial charge in [0.1, 0.15) is 5.75 Å². The molecular weight excluding hydrogens is 282 g/mol. The van der Waals surface area contributed by atoms with Gasteiger partial charge in [0.05, 0.1) is 5.69 Å². The number of piperazine rings is 1. The molecule has 2 aromatic heterocycles. The van der Waals surface area contributed by atoms with Crippen molar-refractivity contribution in [2.75, 3.05) is 36.0 Å². The number of aromatic hydroxyl groups is 1. The average molecular weight is 297 g/mol. The number of hydrogen-bond acceptors (Lipinski definition) is 7. The second-order valence-electron chi connectivity index (χ2n) is 5.18. The maximum Gasteiger partial charge on any atom is 0.200 e. The van der Waals surface area contributed by atoms with E-state index in [1.807, 2.05) is 30.3 Å². The van der Waals surface area contributed by atoms with Crippen LogP contribution >= 0.6 is 0 Å². The number of para-hydroxylation sites is 2. The monoisotopic (exact) mass is 297 g/mol. The largest absolute Gasteiger partial charge is 0.506 e. The highest BCUT2D eigenvalue weighted by atomic mass is 16.3. The van der Waals surface area contributed by atoms with Gasteiger partial charge in [-0.3, -0.25) is 0 Å². The zero-order valence-electron chi connectivity index (χ0n) is 11.9. The van der Waals surface area contributed by atoms with Crippen LogP contribution in [0.25, 0.3) is 5.65 Å². The van der Waals surface area contributed by atoms with Crippen molar-refractivity contribution in [2.45, 2.75) is 0 Å². The molecule has 1 aliphatic rings. The predicted molar refractivity (Wildman–Crippen MR) is 81.1 cm³/mol. The van der Waals surface area contributed by atoms with Gasteiger partial charge < -0.3 is 14.9 Å². The Morgan fingerprint density at radius 2 is 1.68 bits per heavy atom. The molecule has 1 fully saturated rings. The fourth-order valence-electron chi connectivity index (χ4n) is 2.72. The van der Waals surface area contributed by atoms with Crippen LogP contribution in [-0.2, 0) is 0 Å². The normalized spacial score (nSPS) is 15.5. The Bertz CT molecular complexity index is 794. The highest BCUT2D eigenvalue weighted by Crippen LogP contribution is 2.27. The van der Waals surface area contributed by atoms with Crippen LogP contribution in [0.5, 0.6) is 5.75 Å². The number of nitrogens with zero attached hydrogens (tertiary/aromatic N) is 7. The number of phenols is 1. The van der Waals surface area contributed by atoms with Gasteiger partial charge in [0.2, 0.25) is 0 Å². The number of phenolic OH excluding ortho intramolecular Hbond substituents is 1. The van der Waals surface area contributed by atoms with Crippen LogP contribution in [0.4, 0.5) is 11.5 Å². The molecule has 3 aromatic rings. The lowest BCUT2D eigenvalue weighted by Crippen LogP contribution is -2.47. The molecule has 1 N–H and O–H groups in total. The number of aromatic nitrogens is 5. The number of benzene rings is 1. The Hall–Kier alpha value is -2.90. The molecule has 1 saturated heterocycles. The SMILES string of the molecule is Oc1ccccc1N1CCN(c2ccc3nnnn3n2)CC1. The standard InChI is InChI=1S/C14H15N7O/c22-12-4-2-1-3-11(12)19-7-9-20(10-8-19)14-6-5-13-15-17-18-21(13)16-14/h1-6,22H,7-10H2. The number of tetrazole rings is 1. The maximum atomic E-state index is 9.95. The minimum absolute atomic E-state index is 0.323. The summed E-state index contributed by atoms with van der Waals surface area (Å²) >= 11 is 0. The molecule has 8 heteroatoms. The van der Waals surface area contributed by atoms with Crippen molar-refractivity contribution in [3.63, 3.8) is 0 Å². The first-order chi connectivity index (χ1) is 10.8. The first-order valence-corrected chi connectivity index (χ1v) is 7.14. The lowest BCUT2D eigenvalue weighted by Gasteiger charge is -2.36. The Balaban J connectivity index is 1.50. The number of fused-ring (bicyclic) bond motifs is 1. The first kappa shape index (κ1) is 12.8. The van der Waals surface area contributed by atoms with E-state index in [0.29, 0.717) is 11.4 Å². The van der Waals surface area contributed by atoms with E-state index in [4.69, 9.17) is 0 Å². The molecule has 8 nitrogen and oxygen atoms in total. The summed E-state index contributed by atoms with van der Waals surface area (Å²) in [5.41, 5.74) is 1.52. The van der Waals surface area contributed by atoms with E-state index < -0.39 is 0 Å². The lowest BCUT2D eigenvalue weighted by molar-refractivity contribution is 0.472. The van der Waals surface area contributed by atoms with Gasteiger partial charge in [0.25, 0.3) is 0 Å². The molecule has 0 unspecified atom stereocenters. The quantitative estimate of drug-likeness (QED) is 0.739. The zero-order chi connectivity index (χ0) is 14.9. The smallest absolute Gasteiger partial charge is 0.200 e. The van der Waals surface area contributed by atoms with Gasteiger partial charge in [-0.05, 0) is 34.7 Å². The van der Waals surface area contributed by atoms with Crippen molar-refractivity contribution < 1.29 is 5.11 Å². The molecule has 0 saturated carbocycles. The summed E-state index contributed by atoms with van der Waals surface area (Å²) in [5, 5.41) is 25.6.